The Hall–Kier alpha value is -1.87. The highest BCUT2D eigenvalue weighted by atomic mass is 19.1. The fourth-order valence-electron chi connectivity index (χ4n) is 2.56. The summed E-state index contributed by atoms with van der Waals surface area (Å²) in [5.41, 5.74) is 0.358. The zero-order valence-electron chi connectivity index (χ0n) is 11.2. The highest BCUT2D eigenvalue weighted by molar-refractivity contribution is 5.53. The number of hydrogen-bond donors (Lipinski definition) is 0. The number of hydrogen-bond acceptors (Lipinski definition) is 4. The Morgan fingerprint density at radius 3 is 2.37 bits per heavy atom. The first-order valence-electron chi connectivity index (χ1n) is 6.10. The van der Waals surface area contributed by atoms with E-state index in [9.17, 15) is 9.18 Å². The van der Waals surface area contributed by atoms with Crippen molar-refractivity contribution in [2.24, 2.45) is 4.99 Å². The van der Waals surface area contributed by atoms with Gasteiger partial charge in [-0.05, 0) is 37.8 Å². The third-order valence-electron chi connectivity index (χ3n) is 3.71. The molecule has 0 unspecified atom stereocenters. The quantitative estimate of drug-likeness (QED) is 0.621. The van der Waals surface area contributed by atoms with Crippen LogP contribution in [0.2, 0.25) is 0 Å². The van der Waals surface area contributed by atoms with E-state index in [1.54, 1.807) is 19.1 Å². The van der Waals surface area contributed by atoms with Crippen LogP contribution in [0.15, 0.2) is 11.1 Å². The Kier molecular flexibility index (Phi) is 3.58. The first-order chi connectivity index (χ1) is 9.09. The van der Waals surface area contributed by atoms with Gasteiger partial charge >= 0.3 is 0 Å². The molecule has 0 N–H and O–H groups in total. The summed E-state index contributed by atoms with van der Waals surface area (Å²) < 4.78 is 24.8. The lowest BCUT2D eigenvalue weighted by Crippen LogP contribution is -2.33. The van der Waals surface area contributed by atoms with E-state index < -0.39 is 11.4 Å². The minimum atomic E-state index is -0.782. The van der Waals surface area contributed by atoms with Gasteiger partial charge in [0.25, 0.3) is 0 Å². The van der Waals surface area contributed by atoms with Crippen molar-refractivity contribution in [1.29, 1.82) is 0 Å². The lowest BCUT2D eigenvalue weighted by Gasteiger charge is -2.37. The number of aliphatic imine (C=N–C) groups is 1. The smallest absolute Gasteiger partial charge is 0.235 e. The number of rotatable bonds is 4. The number of benzene rings is 1. The molecular weight excluding hydrogens is 249 g/mol. The molecule has 0 aliphatic heterocycles. The first kappa shape index (κ1) is 13.6. The number of nitrogens with zero attached hydrogens (tertiary/aromatic N) is 1. The number of ether oxygens (including phenoxy) is 2. The van der Waals surface area contributed by atoms with E-state index in [0.29, 0.717) is 24.2 Å². The molecule has 4 nitrogen and oxygen atoms in total. The van der Waals surface area contributed by atoms with Gasteiger partial charge in [0.05, 0.1) is 14.2 Å². The van der Waals surface area contributed by atoms with Crippen molar-refractivity contribution in [2.45, 2.75) is 31.7 Å². The SMILES string of the molecule is COc1c(C)cc(C2(N=C=O)CCC2)c(F)c1OC. The van der Waals surface area contributed by atoms with Gasteiger partial charge in [-0.2, -0.15) is 4.99 Å². The number of isocyanates is 1. The van der Waals surface area contributed by atoms with Gasteiger partial charge in [0.2, 0.25) is 6.08 Å². The van der Waals surface area contributed by atoms with Crippen molar-refractivity contribution in [2.75, 3.05) is 14.2 Å². The van der Waals surface area contributed by atoms with Gasteiger partial charge in [-0.15, -0.1) is 0 Å². The lowest BCUT2D eigenvalue weighted by molar-refractivity contribution is 0.242. The predicted molar refractivity (Wildman–Crippen MR) is 67.9 cm³/mol. The normalized spacial score (nSPS) is 16.2. The summed E-state index contributed by atoms with van der Waals surface area (Å²) in [4.78, 5) is 14.4. The van der Waals surface area contributed by atoms with Gasteiger partial charge in [0.15, 0.2) is 17.3 Å². The summed E-state index contributed by atoms with van der Waals surface area (Å²) in [6.07, 6.45) is 3.77. The number of methoxy groups -OCH3 is 2. The van der Waals surface area contributed by atoms with Crippen LogP contribution in [-0.4, -0.2) is 20.3 Å². The first-order valence-corrected chi connectivity index (χ1v) is 6.10. The van der Waals surface area contributed by atoms with Gasteiger partial charge in [-0.1, -0.05) is 0 Å². The highest BCUT2D eigenvalue weighted by Crippen LogP contribution is 2.49. The molecule has 0 bridgehead atoms. The van der Waals surface area contributed by atoms with Crippen LogP contribution in [0.25, 0.3) is 0 Å². The number of aryl methyl sites for hydroxylation is 1. The minimum absolute atomic E-state index is 0.0601. The largest absolute Gasteiger partial charge is 0.492 e. The molecule has 0 spiro atoms. The van der Waals surface area contributed by atoms with Gasteiger partial charge < -0.3 is 9.47 Å². The van der Waals surface area contributed by atoms with E-state index in [1.165, 1.54) is 14.2 Å². The second-order valence-electron chi connectivity index (χ2n) is 4.71. The van der Waals surface area contributed by atoms with E-state index in [4.69, 9.17) is 9.47 Å². The standard InChI is InChI=1S/C14H16FNO3/c1-9-7-10(14(16-8-17)5-4-6-14)11(15)13(19-3)12(9)18-2/h7H,4-6H2,1-3H3. The van der Waals surface area contributed by atoms with Gasteiger partial charge in [0, 0.05) is 5.56 Å². The molecule has 0 heterocycles. The van der Waals surface area contributed by atoms with Gasteiger partial charge in [-0.3, -0.25) is 0 Å². The number of carbonyl (C=O) groups excluding carboxylic acids is 1. The molecule has 102 valence electrons. The van der Waals surface area contributed by atoms with Crippen LogP contribution < -0.4 is 9.47 Å². The van der Waals surface area contributed by atoms with E-state index in [-0.39, 0.29) is 5.75 Å². The summed E-state index contributed by atoms with van der Waals surface area (Å²) in [7, 11) is 2.85. The maximum absolute atomic E-state index is 14.5. The van der Waals surface area contributed by atoms with E-state index in [2.05, 4.69) is 4.99 Å². The van der Waals surface area contributed by atoms with Crippen LogP contribution in [0.1, 0.15) is 30.4 Å². The van der Waals surface area contributed by atoms with Crippen molar-refractivity contribution < 1.29 is 18.7 Å². The van der Waals surface area contributed by atoms with E-state index in [0.717, 1.165) is 12.0 Å². The van der Waals surface area contributed by atoms with Gasteiger partial charge in [0.1, 0.15) is 5.54 Å². The molecule has 1 aromatic carbocycles. The van der Waals surface area contributed by atoms with Crippen LogP contribution in [0.5, 0.6) is 11.5 Å². The molecule has 19 heavy (non-hydrogen) atoms. The van der Waals surface area contributed by atoms with Crippen molar-refractivity contribution in [3.8, 4) is 11.5 Å². The summed E-state index contributed by atoms with van der Waals surface area (Å²) in [6.45, 7) is 1.81. The van der Waals surface area contributed by atoms with Crippen molar-refractivity contribution in [3.05, 3.63) is 23.0 Å². The maximum Gasteiger partial charge on any atom is 0.235 e. The lowest BCUT2D eigenvalue weighted by atomic mass is 9.71. The second kappa shape index (κ2) is 5.02. The molecule has 1 fully saturated rings. The summed E-state index contributed by atoms with van der Waals surface area (Å²) in [5, 5.41) is 0. The number of halogens is 1. The van der Waals surface area contributed by atoms with Crippen LogP contribution in [-0.2, 0) is 10.3 Å². The summed E-state index contributed by atoms with van der Waals surface area (Å²) >= 11 is 0. The highest BCUT2D eigenvalue weighted by Gasteiger charge is 2.42. The minimum Gasteiger partial charge on any atom is -0.492 e. The molecule has 1 saturated carbocycles. The van der Waals surface area contributed by atoms with E-state index >= 15 is 0 Å². The van der Waals surface area contributed by atoms with Crippen LogP contribution in [0.4, 0.5) is 4.39 Å². The zero-order valence-corrected chi connectivity index (χ0v) is 11.2. The molecule has 2 rings (SSSR count). The Bertz CT molecular complexity index is 546. The van der Waals surface area contributed by atoms with Crippen molar-refractivity contribution in [1.82, 2.24) is 0 Å². The van der Waals surface area contributed by atoms with E-state index in [1.807, 2.05) is 0 Å². The summed E-state index contributed by atoms with van der Waals surface area (Å²) in [5.74, 6) is -0.0816. The molecule has 1 aliphatic rings. The Morgan fingerprint density at radius 2 is 1.95 bits per heavy atom. The molecule has 1 aliphatic carbocycles. The Labute approximate surface area is 111 Å². The second-order valence-corrected chi connectivity index (χ2v) is 4.71. The fraction of sp³-hybridized carbons (Fsp3) is 0.500. The molecule has 0 aromatic heterocycles. The predicted octanol–water partition coefficient (Wildman–Crippen LogP) is 2.87. The molecule has 0 radical (unpaired) electrons. The average Bonchev–Trinajstić information content (AvgIpc) is 2.36. The topological polar surface area (TPSA) is 47.9 Å². The third kappa shape index (κ3) is 2.00. The fourth-order valence-corrected chi connectivity index (χ4v) is 2.56. The van der Waals surface area contributed by atoms with Crippen molar-refractivity contribution >= 4 is 6.08 Å². The average molecular weight is 265 g/mol. The Morgan fingerprint density at radius 1 is 1.32 bits per heavy atom. The van der Waals surface area contributed by atoms with Crippen LogP contribution >= 0.6 is 0 Å². The molecular formula is C14H16FNO3. The monoisotopic (exact) mass is 265 g/mol. The molecule has 0 amide bonds. The Balaban J connectivity index is 2.65. The summed E-state index contributed by atoms with van der Waals surface area (Å²) in [6, 6.07) is 1.68. The van der Waals surface area contributed by atoms with Crippen LogP contribution in [0.3, 0.4) is 0 Å². The zero-order chi connectivity index (χ0) is 14.0. The van der Waals surface area contributed by atoms with Gasteiger partial charge in [-0.25, -0.2) is 9.18 Å². The third-order valence-corrected chi connectivity index (χ3v) is 3.71. The molecule has 1 aromatic rings. The molecule has 0 saturated heterocycles. The molecule has 0 atom stereocenters. The van der Waals surface area contributed by atoms with Crippen LogP contribution in [0, 0.1) is 12.7 Å². The van der Waals surface area contributed by atoms with Crippen molar-refractivity contribution in [3.63, 3.8) is 0 Å². The maximum atomic E-state index is 14.5. The molecule has 5 heteroatoms.